The number of hydrogen-bond donors (Lipinski definition) is 2. The lowest BCUT2D eigenvalue weighted by molar-refractivity contribution is -0.137. The van der Waals surface area contributed by atoms with E-state index in [1.54, 1.807) is 22.4 Å². The summed E-state index contributed by atoms with van der Waals surface area (Å²) in [6.07, 6.45) is -3.11. The number of thiazole rings is 1. The smallest absolute Gasteiger partial charge is 0.408 e. The molecule has 1 fully saturated rings. The van der Waals surface area contributed by atoms with E-state index in [0.29, 0.717) is 54.7 Å². The van der Waals surface area contributed by atoms with Gasteiger partial charge in [0.2, 0.25) is 11.8 Å². The maximum Gasteiger partial charge on any atom is 0.418 e. The molecule has 0 unspecified atom stereocenters. The van der Waals surface area contributed by atoms with Crippen LogP contribution in [0.2, 0.25) is 0 Å². The van der Waals surface area contributed by atoms with Gasteiger partial charge in [0.05, 0.1) is 21.5 Å². The standard InChI is InChI=1S/C26H23F3N4O5S/c27-26(28,29)17-4-1-15(2-5-17)3-8-22(34)33-11-9-16(10-12-33)23-32-21(14-39-23)38-24(35)30-18-6-7-19-20(13-18)37-25(36)31-19/h1-2,4-7,13-14,16H,3,8-12H2,(H,30,35)(H,31,36). The summed E-state index contributed by atoms with van der Waals surface area (Å²) in [6, 6.07) is 9.57. The summed E-state index contributed by atoms with van der Waals surface area (Å²) < 4.78 is 48.4. The molecule has 39 heavy (non-hydrogen) atoms. The molecule has 2 N–H and O–H groups in total. The van der Waals surface area contributed by atoms with Gasteiger partial charge >= 0.3 is 18.0 Å². The average Bonchev–Trinajstić information content (AvgIpc) is 3.52. The number of aromatic amines is 1. The minimum atomic E-state index is -4.38. The van der Waals surface area contributed by atoms with E-state index in [0.717, 1.165) is 17.1 Å². The monoisotopic (exact) mass is 560 g/mol. The van der Waals surface area contributed by atoms with Gasteiger partial charge in [-0.2, -0.15) is 13.2 Å². The van der Waals surface area contributed by atoms with Crippen LogP contribution in [-0.4, -0.2) is 40.0 Å². The Morgan fingerprint density at radius 2 is 1.90 bits per heavy atom. The maximum absolute atomic E-state index is 12.7. The van der Waals surface area contributed by atoms with Gasteiger partial charge in [0.1, 0.15) is 0 Å². The van der Waals surface area contributed by atoms with Crippen molar-refractivity contribution in [2.75, 3.05) is 18.4 Å². The number of nitrogens with zero attached hydrogens (tertiary/aromatic N) is 2. The molecule has 0 atom stereocenters. The highest BCUT2D eigenvalue weighted by Crippen LogP contribution is 2.33. The fraction of sp³-hybridized carbons (Fsp3) is 0.308. The van der Waals surface area contributed by atoms with E-state index in [4.69, 9.17) is 9.15 Å². The number of alkyl halides is 3. The van der Waals surface area contributed by atoms with Crippen molar-refractivity contribution in [3.63, 3.8) is 0 Å². The molecule has 13 heteroatoms. The second kappa shape index (κ2) is 10.9. The fourth-order valence-corrected chi connectivity index (χ4v) is 5.31. The van der Waals surface area contributed by atoms with Crippen molar-refractivity contribution < 1.29 is 31.9 Å². The first-order chi connectivity index (χ1) is 18.6. The summed E-state index contributed by atoms with van der Waals surface area (Å²) in [4.78, 5) is 44.9. The number of nitrogens with one attached hydrogen (secondary N) is 2. The highest BCUT2D eigenvalue weighted by atomic mass is 32.1. The number of oxazole rings is 1. The number of rotatable bonds is 6. The van der Waals surface area contributed by atoms with Gasteiger partial charge in [0.15, 0.2) is 5.58 Å². The summed E-state index contributed by atoms with van der Waals surface area (Å²) in [6.45, 7) is 1.09. The number of aromatic nitrogens is 2. The third kappa shape index (κ3) is 6.48. The van der Waals surface area contributed by atoms with Crippen molar-refractivity contribution in [2.24, 2.45) is 0 Å². The van der Waals surface area contributed by atoms with Gasteiger partial charge < -0.3 is 14.1 Å². The first-order valence-corrected chi connectivity index (χ1v) is 13.0. The molecule has 2 amide bonds. The minimum Gasteiger partial charge on any atom is -0.408 e. The number of amides is 2. The predicted molar refractivity (Wildman–Crippen MR) is 137 cm³/mol. The summed E-state index contributed by atoms with van der Waals surface area (Å²) >= 11 is 1.38. The first-order valence-electron chi connectivity index (χ1n) is 12.1. The molecule has 1 aliphatic rings. The van der Waals surface area contributed by atoms with Crippen molar-refractivity contribution in [1.29, 1.82) is 0 Å². The van der Waals surface area contributed by atoms with E-state index in [1.165, 1.54) is 29.5 Å². The third-order valence-corrected chi connectivity index (χ3v) is 7.46. The van der Waals surface area contributed by atoms with Crippen molar-refractivity contribution in [3.8, 4) is 5.88 Å². The lowest BCUT2D eigenvalue weighted by Crippen LogP contribution is -2.38. The molecule has 1 saturated heterocycles. The molecule has 9 nitrogen and oxygen atoms in total. The molecule has 0 aliphatic carbocycles. The Kier molecular flexibility index (Phi) is 7.42. The van der Waals surface area contributed by atoms with Gasteiger partial charge in [-0.3, -0.25) is 15.1 Å². The number of anilines is 1. The second-order valence-corrected chi connectivity index (χ2v) is 10.0. The number of piperidine rings is 1. The SMILES string of the molecule is O=C(Nc1ccc2[nH]c(=O)oc2c1)Oc1csc(C2CCN(C(=O)CCc3ccc(C(F)(F)F)cc3)CC2)n1. The van der Waals surface area contributed by atoms with Crippen LogP contribution in [0, 0.1) is 0 Å². The Labute approximate surface area is 223 Å². The normalized spacial score (nSPS) is 14.5. The number of ether oxygens (including phenoxy) is 1. The molecule has 5 rings (SSSR count). The molecule has 2 aromatic heterocycles. The van der Waals surface area contributed by atoms with Crippen molar-refractivity contribution in [2.45, 2.75) is 37.8 Å². The number of benzene rings is 2. The Hall–Kier alpha value is -4.13. The molecule has 204 valence electrons. The van der Waals surface area contributed by atoms with Crippen LogP contribution >= 0.6 is 11.3 Å². The number of H-pyrrole nitrogens is 1. The molecule has 2 aromatic carbocycles. The summed E-state index contributed by atoms with van der Waals surface area (Å²) in [5.74, 6) is -0.344. The van der Waals surface area contributed by atoms with Crippen LogP contribution in [0.25, 0.3) is 11.1 Å². The largest absolute Gasteiger partial charge is 0.418 e. The summed E-state index contributed by atoms with van der Waals surface area (Å²) in [7, 11) is 0. The molecule has 0 radical (unpaired) electrons. The topological polar surface area (TPSA) is 118 Å². The Morgan fingerprint density at radius 1 is 1.15 bits per heavy atom. The maximum atomic E-state index is 12.7. The quantitative estimate of drug-likeness (QED) is 0.320. The number of likely N-dealkylation sites (tertiary alicyclic amines) is 1. The first kappa shape index (κ1) is 26.5. The minimum absolute atomic E-state index is 0.0368. The van der Waals surface area contributed by atoms with Crippen molar-refractivity contribution in [1.82, 2.24) is 14.9 Å². The van der Waals surface area contributed by atoms with Gasteiger partial charge in [-0.05, 0) is 49.1 Å². The number of hydrogen-bond acceptors (Lipinski definition) is 7. The summed E-state index contributed by atoms with van der Waals surface area (Å²) in [5, 5.41) is 5.02. The number of carbonyl (C=O) groups is 2. The lowest BCUT2D eigenvalue weighted by Gasteiger charge is -2.31. The van der Waals surface area contributed by atoms with Gasteiger partial charge in [-0.1, -0.05) is 12.1 Å². The molecule has 3 heterocycles. The van der Waals surface area contributed by atoms with Gasteiger partial charge in [0.25, 0.3) is 0 Å². The average molecular weight is 561 g/mol. The lowest BCUT2D eigenvalue weighted by atomic mass is 9.97. The zero-order valence-corrected chi connectivity index (χ0v) is 21.2. The third-order valence-electron chi connectivity index (χ3n) is 6.47. The van der Waals surface area contributed by atoms with Gasteiger partial charge in [0, 0.05) is 37.2 Å². The molecule has 1 aliphatic heterocycles. The molecular formula is C26H23F3N4O5S. The Morgan fingerprint density at radius 3 is 2.62 bits per heavy atom. The number of carbonyl (C=O) groups excluding carboxylic acids is 2. The van der Waals surface area contributed by atoms with E-state index in [1.807, 2.05) is 0 Å². The second-order valence-electron chi connectivity index (χ2n) is 9.11. The number of halogens is 3. The van der Waals surface area contributed by atoms with E-state index in [9.17, 15) is 27.6 Å². The van der Waals surface area contributed by atoms with E-state index < -0.39 is 23.6 Å². The van der Waals surface area contributed by atoms with Crippen LogP contribution in [0.4, 0.5) is 23.7 Å². The number of fused-ring (bicyclic) bond motifs is 1. The van der Waals surface area contributed by atoms with Crippen molar-refractivity contribution >= 4 is 40.1 Å². The van der Waals surface area contributed by atoms with Crippen LogP contribution in [0.5, 0.6) is 5.88 Å². The Balaban J connectivity index is 1.08. The highest BCUT2D eigenvalue weighted by Gasteiger charge is 2.30. The van der Waals surface area contributed by atoms with Crippen LogP contribution in [0.3, 0.4) is 0 Å². The van der Waals surface area contributed by atoms with Crippen molar-refractivity contribution in [3.05, 3.63) is 74.5 Å². The van der Waals surface area contributed by atoms with E-state index >= 15 is 0 Å². The van der Waals surface area contributed by atoms with Crippen LogP contribution < -0.4 is 15.8 Å². The zero-order valence-electron chi connectivity index (χ0n) is 20.4. The highest BCUT2D eigenvalue weighted by molar-refractivity contribution is 7.09. The zero-order chi connectivity index (χ0) is 27.6. The molecule has 0 saturated carbocycles. The molecule has 4 aromatic rings. The molecule has 0 bridgehead atoms. The van der Waals surface area contributed by atoms with Crippen LogP contribution in [0.1, 0.15) is 41.3 Å². The van der Waals surface area contributed by atoms with Crippen LogP contribution in [-0.2, 0) is 17.4 Å². The van der Waals surface area contributed by atoms with Gasteiger partial charge in [-0.25, -0.2) is 14.6 Å². The van der Waals surface area contributed by atoms with Crippen LogP contribution in [0.15, 0.2) is 57.1 Å². The predicted octanol–water partition coefficient (Wildman–Crippen LogP) is 5.55. The summed E-state index contributed by atoms with van der Waals surface area (Å²) in [5.41, 5.74) is 1.18. The van der Waals surface area contributed by atoms with E-state index in [2.05, 4.69) is 15.3 Å². The molecular weight excluding hydrogens is 537 g/mol. The Bertz CT molecular complexity index is 1540. The fourth-order valence-electron chi connectivity index (χ4n) is 4.41. The van der Waals surface area contributed by atoms with Gasteiger partial charge in [-0.15, -0.1) is 11.3 Å². The molecule has 0 spiro atoms. The van der Waals surface area contributed by atoms with E-state index in [-0.39, 0.29) is 24.1 Å². The number of aryl methyl sites for hydroxylation is 1.